The highest BCUT2D eigenvalue weighted by atomic mass is 31.2. The summed E-state index contributed by atoms with van der Waals surface area (Å²) in [5.74, 6) is 9.34. The molecular weight excluding hydrogens is 161 g/mol. The van der Waals surface area contributed by atoms with Crippen LogP contribution >= 0.6 is 7.60 Å². The van der Waals surface area contributed by atoms with E-state index in [0.29, 0.717) is 0 Å². The fourth-order valence-corrected chi connectivity index (χ4v) is 0.761. The number of hydrogen-bond donors (Lipinski definition) is 5. The average molecular weight is 171 g/mol. The fourth-order valence-electron chi connectivity index (χ4n) is 0.254. The average Bonchev–Trinajstić information content (AvgIpc) is 1.89. The third-order valence-corrected chi connectivity index (χ3v) is 1.82. The van der Waals surface area contributed by atoms with Gasteiger partial charge in [-0.2, -0.15) is 0 Å². The van der Waals surface area contributed by atoms with Crippen molar-refractivity contribution in [3.05, 3.63) is 0 Å². The Labute approximate surface area is 57.4 Å². The van der Waals surface area contributed by atoms with Crippen molar-refractivity contribution >= 4 is 7.60 Å². The van der Waals surface area contributed by atoms with E-state index < -0.39 is 7.60 Å². The van der Waals surface area contributed by atoms with Crippen LogP contribution in [0.5, 0.6) is 0 Å². The summed E-state index contributed by atoms with van der Waals surface area (Å²) in [5.41, 5.74) is 8.34. The summed E-state index contributed by atoms with van der Waals surface area (Å²) in [7, 11) is -3.39. The maximum absolute atomic E-state index is 10.9. The summed E-state index contributed by atoms with van der Waals surface area (Å²) in [6.07, 6.45) is -0.332. The highest BCUT2D eigenvalue weighted by Gasteiger charge is 2.22. The minimum Gasteiger partial charge on any atom is -0.320 e. The molecule has 0 radical (unpaired) electrons. The van der Waals surface area contributed by atoms with Crippen molar-refractivity contribution < 1.29 is 13.8 Å². The summed E-state index contributed by atoms with van der Waals surface area (Å²) in [6.45, 7) is 0. The van der Waals surface area contributed by atoms with Crippen LogP contribution in [0.3, 0.4) is 0 Å². The maximum Gasteiger partial charge on any atom is 0.378 e. The largest absolute Gasteiger partial charge is 0.378 e. The smallest absolute Gasteiger partial charge is 0.320 e. The lowest BCUT2D eigenvalue weighted by atomic mass is 11.6. The van der Waals surface area contributed by atoms with Crippen LogP contribution in [-0.2, 0) is 13.8 Å². The molecule has 0 spiro atoms. The number of nitrogens with one attached hydrogen (secondary N) is 2. The van der Waals surface area contributed by atoms with Crippen molar-refractivity contribution in [3.8, 4) is 0 Å². The predicted octanol–water partition coefficient (Wildman–Crippen LogP) is -2.11. The molecule has 8 nitrogen and oxygen atoms in total. The second kappa shape index (κ2) is 4.72. The van der Waals surface area contributed by atoms with E-state index in [2.05, 4.69) is 20.9 Å². The molecule has 0 unspecified atom stereocenters. The van der Waals surface area contributed by atoms with Crippen molar-refractivity contribution in [2.45, 2.75) is 0 Å². The maximum atomic E-state index is 10.9. The summed E-state index contributed by atoms with van der Waals surface area (Å²) in [6, 6.07) is 0. The predicted molar refractivity (Wildman–Crippen MR) is 33.5 cm³/mol. The topological polar surface area (TPSA) is 138 Å². The Balaban J connectivity index is 3.83. The van der Waals surface area contributed by atoms with Gasteiger partial charge in [0.15, 0.2) is 0 Å². The van der Waals surface area contributed by atoms with Crippen LogP contribution in [0.15, 0.2) is 0 Å². The van der Waals surface area contributed by atoms with E-state index in [9.17, 15) is 4.57 Å². The fraction of sp³-hybridized carbons (Fsp3) is 1.00. The Kier molecular flexibility index (Phi) is 4.69. The van der Waals surface area contributed by atoms with Gasteiger partial charge in [0, 0.05) is 0 Å². The third kappa shape index (κ3) is 3.20. The zero-order chi connectivity index (χ0) is 8.04. The van der Waals surface area contributed by atoms with Crippen molar-refractivity contribution in [2.24, 2.45) is 17.4 Å². The Hall–Kier alpha value is -0.0500. The van der Waals surface area contributed by atoms with Gasteiger partial charge in [0.2, 0.25) is 0 Å². The van der Waals surface area contributed by atoms with Crippen LogP contribution in [0.25, 0.3) is 0 Å². The summed E-state index contributed by atoms with van der Waals surface area (Å²) in [5, 5.41) is 0. The minimum atomic E-state index is -3.39. The molecule has 0 aromatic rings. The van der Waals surface area contributed by atoms with Gasteiger partial charge in [-0.05, 0) is 0 Å². The normalized spacial score (nSPS) is 11.9. The number of hydrazine groups is 2. The molecule has 0 aliphatic carbocycles. The van der Waals surface area contributed by atoms with E-state index >= 15 is 0 Å². The molecule has 0 saturated heterocycles. The molecule has 0 amide bonds. The highest BCUT2D eigenvalue weighted by Crippen LogP contribution is 2.42. The van der Waals surface area contributed by atoms with E-state index in [1.165, 1.54) is 0 Å². The Morgan fingerprint density at radius 2 is 1.70 bits per heavy atom. The molecule has 10 heavy (non-hydrogen) atoms. The molecule has 0 heterocycles. The number of hydrogen-bond acceptors (Lipinski definition) is 8. The zero-order valence-corrected chi connectivity index (χ0v) is 6.01. The number of rotatable bonds is 5. The van der Waals surface area contributed by atoms with Gasteiger partial charge in [-0.15, -0.1) is 11.2 Å². The standard InChI is InChI=1S/CH10N5O3P/c2-1-10(7,8-5-3)9-6-4/h5-6H,1-4H2. The molecule has 0 bridgehead atoms. The van der Waals surface area contributed by atoms with E-state index in [4.69, 9.17) is 5.73 Å². The first-order valence-electron chi connectivity index (χ1n) is 2.26. The van der Waals surface area contributed by atoms with E-state index in [-0.39, 0.29) is 6.29 Å². The molecule has 62 valence electrons. The Morgan fingerprint density at radius 3 is 1.90 bits per heavy atom. The molecule has 0 rings (SSSR count). The van der Waals surface area contributed by atoms with E-state index in [1.807, 2.05) is 0 Å². The third-order valence-electron chi connectivity index (χ3n) is 0.607. The van der Waals surface area contributed by atoms with Crippen LogP contribution in [-0.4, -0.2) is 6.29 Å². The first-order valence-corrected chi connectivity index (χ1v) is 3.99. The summed E-state index contributed by atoms with van der Waals surface area (Å²) >= 11 is 0. The number of nitrogens with two attached hydrogens (primary N) is 3. The zero-order valence-electron chi connectivity index (χ0n) is 5.11. The minimum absolute atomic E-state index is 0.332. The second-order valence-electron chi connectivity index (χ2n) is 1.21. The van der Waals surface area contributed by atoms with Gasteiger partial charge in [-0.1, -0.05) is 0 Å². The van der Waals surface area contributed by atoms with E-state index in [0.717, 1.165) is 0 Å². The quantitative estimate of drug-likeness (QED) is 0.180. The lowest BCUT2D eigenvalue weighted by molar-refractivity contribution is 0.102. The summed E-state index contributed by atoms with van der Waals surface area (Å²) < 4.78 is 19.4. The SMILES string of the molecule is NCP(=O)(ONN)ONN. The molecule has 0 fully saturated rings. The molecule has 9 heteroatoms. The van der Waals surface area contributed by atoms with Gasteiger partial charge in [-0.25, -0.2) is 20.9 Å². The molecule has 0 saturated carbocycles. The second-order valence-corrected chi connectivity index (χ2v) is 3.16. The molecule has 0 aromatic carbocycles. The van der Waals surface area contributed by atoms with Crippen molar-refractivity contribution in [1.29, 1.82) is 0 Å². The Morgan fingerprint density at radius 1 is 1.30 bits per heavy atom. The van der Waals surface area contributed by atoms with Gasteiger partial charge >= 0.3 is 7.60 Å². The van der Waals surface area contributed by atoms with Gasteiger partial charge in [-0.3, -0.25) is 4.57 Å². The lowest BCUT2D eigenvalue weighted by Gasteiger charge is -2.12. The van der Waals surface area contributed by atoms with Gasteiger partial charge in [0.25, 0.3) is 0 Å². The first kappa shape index (κ1) is 9.95. The first-order chi connectivity index (χ1) is 4.68. The van der Waals surface area contributed by atoms with Crippen LogP contribution in [0.2, 0.25) is 0 Å². The van der Waals surface area contributed by atoms with Gasteiger partial charge in [0.05, 0.1) is 6.29 Å². The summed E-state index contributed by atoms with van der Waals surface area (Å²) in [4.78, 5) is 0. The van der Waals surface area contributed by atoms with Crippen LogP contribution in [0.4, 0.5) is 0 Å². The molecule has 8 N–H and O–H groups in total. The molecule has 0 atom stereocenters. The molecule has 0 aromatic heterocycles. The Bertz CT molecular complexity index is 118. The molecular formula is CH10N5O3P. The van der Waals surface area contributed by atoms with Crippen LogP contribution in [0.1, 0.15) is 0 Å². The lowest BCUT2D eigenvalue weighted by Crippen LogP contribution is -2.28. The van der Waals surface area contributed by atoms with Crippen molar-refractivity contribution in [2.75, 3.05) is 6.29 Å². The van der Waals surface area contributed by atoms with E-state index in [1.54, 1.807) is 11.2 Å². The van der Waals surface area contributed by atoms with Crippen LogP contribution < -0.4 is 28.6 Å². The van der Waals surface area contributed by atoms with Gasteiger partial charge in [0.1, 0.15) is 0 Å². The van der Waals surface area contributed by atoms with Gasteiger partial charge < -0.3 is 5.73 Å². The van der Waals surface area contributed by atoms with Crippen LogP contribution in [0, 0.1) is 0 Å². The molecule has 0 aliphatic rings. The monoisotopic (exact) mass is 171 g/mol. The van der Waals surface area contributed by atoms with Crippen molar-refractivity contribution in [3.63, 3.8) is 0 Å². The van der Waals surface area contributed by atoms with Crippen molar-refractivity contribution in [1.82, 2.24) is 11.2 Å². The highest BCUT2D eigenvalue weighted by molar-refractivity contribution is 7.53. The molecule has 0 aliphatic heterocycles.